The Kier molecular flexibility index (Phi) is 4.94. The highest BCUT2D eigenvalue weighted by atomic mass is 15.4. The minimum absolute atomic E-state index is 0.903. The van der Waals surface area contributed by atoms with Crippen molar-refractivity contribution in [3.05, 3.63) is 0 Å². The fourth-order valence-corrected chi connectivity index (χ4v) is 2.98. The van der Waals surface area contributed by atoms with Crippen LogP contribution in [0.25, 0.3) is 0 Å². The zero-order valence-corrected chi connectivity index (χ0v) is 10.4. The van der Waals surface area contributed by atoms with Crippen molar-refractivity contribution in [3.8, 4) is 0 Å². The molecule has 0 spiro atoms. The van der Waals surface area contributed by atoms with Gasteiger partial charge in [-0.05, 0) is 46.0 Å². The second-order valence-electron chi connectivity index (χ2n) is 5.03. The summed E-state index contributed by atoms with van der Waals surface area (Å²) >= 11 is 0. The average Bonchev–Trinajstić information content (AvgIpc) is 2.26. The van der Waals surface area contributed by atoms with E-state index in [0.717, 1.165) is 6.04 Å². The molecule has 1 heteroatoms. The standard InChI is InChI=1S/C13H28N/c1-4-6-10-13(3)14(5-2)11-8-7-9-12-14/h13H,4-12H2,1-3H3/q+1. The highest BCUT2D eigenvalue weighted by Crippen LogP contribution is 2.25. The number of likely N-dealkylation sites (tertiary alicyclic amines) is 1. The van der Waals surface area contributed by atoms with Gasteiger partial charge < -0.3 is 4.48 Å². The second kappa shape index (κ2) is 5.75. The van der Waals surface area contributed by atoms with Crippen LogP contribution in [0.4, 0.5) is 0 Å². The van der Waals surface area contributed by atoms with Crippen LogP contribution in [0.5, 0.6) is 0 Å². The number of quaternary nitrogens is 1. The molecule has 1 heterocycles. The van der Waals surface area contributed by atoms with Crippen LogP contribution >= 0.6 is 0 Å². The smallest absolute Gasteiger partial charge is 0.0861 e. The maximum absolute atomic E-state index is 2.48. The van der Waals surface area contributed by atoms with Crippen molar-refractivity contribution < 1.29 is 4.48 Å². The van der Waals surface area contributed by atoms with E-state index in [-0.39, 0.29) is 0 Å². The predicted molar refractivity (Wildman–Crippen MR) is 63.4 cm³/mol. The van der Waals surface area contributed by atoms with Gasteiger partial charge in [-0.2, -0.15) is 0 Å². The van der Waals surface area contributed by atoms with Gasteiger partial charge in [0.1, 0.15) is 0 Å². The van der Waals surface area contributed by atoms with Gasteiger partial charge in [-0.3, -0.25) is 0 Å². The fourth-order valence-electron chi connectivity index (χ4n) is 2.98. The first kappa shape index (κ1) is 12.0. The van der Waals surface area contributed by atoms with E-state index in [1.54, 1.807) is 0 Å². The van der Waals surface area contributed by atoms with Crippen molar-refractivity contribution in [3.63, 3.8) is 0 Å². The van der Waals surface area contributed by atoms with Gasteiger partial charge in [0.05, 0.1) is 25.7 Å². The lowest BCUT2D eigenvalue weighted by atomic mass is 10.0. The van der Waals surface area contributed by atoms with Crippen molar-refractivity contribution in [2.24, 2.45) is 0 Å². The number of nitrogens with zero attached hydrogens (tertiary/aromatic N) is 1. The minimum Gasteiger partial charge on any atom is -0.322 e. The first-order chi connectivity index (χ1) is 6.75. The van der Waals surface area contributed by atoms with E-state index in [1.165, 1.54) is 62.6 Å². The molecule has 0 aromatic carbocycles. The number of piperidine rings is 1. The Morgan fingerprint density at radius 2 is 1.71 bits per heavy atom. The Labute approximate surface area is 90.1 Å². The molecule has 0 aromatic rings. The molecule has 0 saturated carbocycles. The third-order valence-corrected chi connectivity index (χ3v) is 4.25. The molecular weight excluding hydrogens is 170 g/mol. The topological polar surface area (TPSA) is 0 Å². The van der Waals surface area contributed by atoms with E-state index >= 15 is 0 Å². The van der Waals surface area contributed by atoms with Crippen molar-refractivity contribution in [1.29, 1.82) is 0 Å². The highest BCUT2D eigenvalue weighted by Gasteiger charge is 2.33. The van der Waals surface area contributed by atoms with Crippen LogP contribution < -0.4 is 0 Å². The Hall–Kier alpha value is -0.0400. The molecule has 1 rings (SSSR count). The SMILES string of the molecule is CCCCC(C)[N+]1(CC)CCCCC1. The molecule has 1 saturated heterocycles. The Balaban J connectivity index is 2.48. The van der Waals surface area contributed by atoms with E-state index in [9.17, 15) is 0 Å². The van der Waals surface area contributed by atoms with Gasteiger partial charge >= 0.3 is 0 Å². The molecule has 0 N–H and O–H groups in total. The van der Waals surface area contributed by atoms with E-state index in [0.29, 0.717) is 0 Å². The van der Waals surface area contributed by atoms with Crippen molar-refractivity contribution >= 4 is 0 Å². The lowest BCUT2D eigenvalue weighted by Crippen LogP contribution is -2.56. The summed E-state index contributed by atoms with van der Waals surface area (Å²) in [4.78, 5) is 0. The normalized spacial score (nSPS) is 23.4. The first-order valence-electron chi connectivity index (χ1n) is 6.61. The summed E-state index contributed by atoms with van der Waals surface area (Å²) in [5.74, 6) is 0. The molecule has 84 valence electrons. The fraction of sp³-hybridized carbons (Fsp3) is 1.00. The van der Waals surface area contributed by atoms with Crippen LogP contribution in [0.2, 0.25) is 0 Å². The summed E-state index contributed by atoms with van der Waals surface area (Å²) in [7, 11) is 0. The lowest BCUT2D eigenvalue weighted by Gasteiger charge is -2.45. The molecule has 0 radical (unpaired) electrons. The Morgan fingerprint density at radius 1 is 1.07 bits per heavy atom. The van der Waals surface area contributed by atoms with Gasteiger partial charge in [0.15, 0.2) is 0 Å². The van der Waals surface area contributed by atoms with E-state index in [1.807, 2.05) is 0 Å². The van der Waals surface area contributed by atoms with Gasteiger partial charge in [0.25, 0.3) is 0 Å². The number of rotatable bonds is 5. The van der Waals surface area contributed by atoms with Crippen molar-refractivity contribution in [2.45, 2.75) is 65.3 Å². The highest BCUT2D eigenvalue weighted by molar-refractivity contribution is 4.60. The first-order valence-corrected chi connectivity index (χ1v) is 6.61. The monoisotopic (exact) mass is 198 g/mol. The van der Waals surface area contributed by atoms with Crippen LogP contribution in [0.3, 0.4) is 0 Å². The quantitative estimate of drug-likeness (QED) is 0.592. The second-order valence-corrected chi connectivity index (χ2v) is 5.03. The van der Waals surface area contributed by atoms with Crippen LogP contribution in [-0.4, -0.2) is 30.2 Å². The van der Waals surface area contributed by atoms with Crippen LogP contribution in [-0.2, 0) is 0 Å². The Morgan fingerprint density at radius 3 is 2.21 bits per heavy atom. The summed E-state index contributed by atoms with van der Waals surface area (Å²) < 4.78 is 1.42. The molecule has 0 aromatic heterocycles. The third-order valence-electron chi connectivity index (χ3n) is 4.25. The lowest BCUT2D eigenvalue weighted by molar-refractivity contribution is -0.952. The molecule has 1 atom stereocenters. The summed E-state index contributed by atoms with van der Waals surface area (Å²) in [6, 6.07) is 0.903. The molecule has 14 heavy (non-hydrogen) atoms. The predicted octanol–water partition coefficient (Wildman–Crippen LogP) is 3.59. The average molecular weight is 198 g/mol. The van der Waals surface area contributed by atoms with E-state index in [2.05, 4.69) is 20.8 Å². The number of hydrogen-bond acceptors (Lipinski definition) is 0. The molecule has 0 aliphatic carbocycles. The van der Waals surface area contributed by atoms with Gasteiger partial charge in [-0.1, -0.05) is 13.3 Å². The zero-order chi connectivity index (χ0) is 10.4. The van der Waals surface area contributed by atoms with Gasteiger partial charge in [0.2, 0.25) is 0 Å². The molecule has 1 aliphatic heterocycles. The molecule has 1 aliphatic rings. The number of hydrogen-bond donors (Lipinski definition) is 0. The number of unbranched alkanes of at least 4 members (excludes halogenated alkanes) is 1. The Bertz CT molecular complexity index is 147. The van der Waals surface area contributed by atoms with Crippen LogP contribution in [0, 0.1) is 0 Å². The van der Waals surface area contributed by atoms with E-state index in [4.69, 9.17) is 0 Å². The molecule has 1 nitrogen and oxygen atoms in total. The third kappa shape index (κ3) is 2.73. The van der Waals surface area contributed by atoms with Gasteiger partial charge in [-0.15, -0.1) is 0 Å². The van der Waals surface area contributed by atoms with E-state index < -0.39 is 0 Å². The largest absolute Gasteiger partial charge is 0.322 e. The van der Waals surface area contributed by atoms with Crippen molar-refractivity contribution in [1.82, 2.24) is 0 Å². The zero-order valence-electron chi connectivity index (χ0n) is 10.4. The maximum Gasteiger partial charge on any atom is 0.0861 e. The van der Waals surface area contributed by atoms with Crippen molar-refractivity contribution in [2.75, 3.05) is 19.6 Å². The van der Waals surface area contributed by atoms with Crippen LogP contribution in [0.1, 0.15) is 59.3 Å². The molecule has 0 amide bonds. The molecular formula is C13H28N+. The maximum atomic E-state index is 2.48. The summed E-state index contributed by atoms with van der Waals surface area (Å²) in [6.45, 7) is 11.4. The molecule has 0 bridgehead atoms. The van der Waals surface area contributed by atoms with Gasteiger partial charge in [-0.25, -0.2) is 0 Å². The summed E-state index contributed by atoms with van der Waals surface area (Å²) in [5, 5.41) is 0. The van der Waals surface area contributed by atoms with Crippen LogP contribution in [0.15, 0.2) is 0 Å². The molecule has 1 fully saturated rings. The summed E-state index contributed by atoms with van der Waals surface area (Å²) in [6.07, 6.45) is 8.61. The summed E-state index contributed by atoms with van der Waals surface area (Å²) in [5.41, 5.74) is 0. The molecule has 1 unspecified atom stereocenters. The minimum atomic E-state index is 0.903. The van der Waals surface area contributed by atoms with Gasteiger partial charge in [0, 0.05) is 0 Å².